The highest BCUT2D eigenvalue weighted by atomic mass is 127. The molecule has 0 nitrogen and oxygen atoms in total. The van der Waals surface area contributed by atoms with Crippen molar-refractivity contribution in [1.82, 2.24) is 0 Å². The van der Waals surface area contributed by atoms with Crippen LogP contribution < -0.4 is 0 Å². The molecule has 3 aromatic carbocycles. The first-order valence-electron chi connectivity index (χ1n) is 6.75. The Morgan fingerprint density at radius 1 is 0.571 bits per heavy atom. The van der Waals surface area contributed by atoms with E-state index in [0.717, 1.165) is 11.1 Å². The molecule has 0 aromatic heterocycles. The highest BCUT2D eigenvalue weighted by Crippen LogP contribution is 2.19. The van der Waals surface area contributed by atoms with Gasteiger partial charge in [0.2, 0.25) is 0 Å². The molecule has 3 aromatic rings. The molecule has 0 saturated heterocycles. The van der Waals surface area contributed by atoms with Crippen LogP contribution in [0.1, 0.15) is 11.1 Å². The second kappa shape index (κ2) is 6.60. The third-order valence-electron chi connectivity index (χ3n) is 3.21. The molecule has 0 saturated carbocycles. The van der Waals surface area contributed by atoms with E-state index in [9.17, 15) is 0 Å². The van der Waals surface area contributed by atoms with Crippen molar-refractivity contribution in [3.63, 3.8) is 0 Å². The summed E-state index contributed by atoms with van der Waals surface area (Å²) in [5.74, 6) is 6.46. The molecule has 21 heavy (non-hydrogen) atoms. The molecule has 100 valence electrons. The predicted molar refractivity (Wildman–Crippen MR) is 97.0 cm³/mol. The predicted octanol–water partition coefficient (Wildman–Crippen LogP) is 5.36. The van der Waals surface area contributed by atoms with Crippen LogP contribution in [0.2, 0.25) is 0 Å². The van der Waals surface area contributed by atoms with E-state index in [-0.39, 0.29) is 0 Å². The molecule has 0 atom stereocenters. The molecule has 0 aliphatic heterocycles. The fourth-order valence-corrected chi connectivity index (χ4v) is 2.60. The topological polar surface area (TPSA) is 0 Å². The van der Waals surface area contributed by atoms with Crippen LogP contribution in [0.15, 0.2) is 78.9 Å². The van der Waals surface area contributed by atoms with Crippen LogP contribution in [-0.2, 0) is 0 Å². The van der Waals surface area contributed by atoms with Crippen molar-refractivity contribution in [2.24, 2.45) is 0 Å². The van der Waals surface area contributed by atoms with E-state index in [2.05, 4.69) is 89.0 Å². The zero-order valence-corrected chi connectivity index (χ0v) is 13.5. The summed E-state index contributed by atoms with van der Waals surface area (Å²) in [6.45, 7) is 0. The summed E-state index contributed by atoms with van der Waals surface area (Å²) in [4.78, 5) is 0. The fourth-order valence-electron chi connectivity index (χ4n) is 2.08. The van der Waals surface area contributed by atoms with E-state index in [1.807, 2.05) is 24.3 Å². The SMILES string of the molecule is Ic1ccccc1C#Cc1ccc(-c2ccccc2)cc1. The fraction of sp³-hybridized carbons (Fsp3) is 0. The van der Waals surface area contributed by atoms with Crippen LogP contribution in [0.3, 0.4) is 0 Å². The number of halogens is 1. The molecule has 1 heteroatoms. The summed E-state index contributed by atoms with van der Waals surface area (Å²) in [5, 5.41) is 0. The van der Waals surface area contributed by atoms with Gasteiger partial charge >= 0.3 is 0 Å². The second-order valence-corrected chi connectivity index (χ2v) is 5.84. The van der Waals surface area contributed by atoms with Crippen molar-refractivity contribution in [1.29, 1.82) is 0 Å². The molecule has 0 radical (unpaired) electrons. The lowest BCUT2D eigenvalue weighted by Gasteiger charge is -2.01. The van der Waals surface area contributed by atoms with Crippen LogP contribution in [0.5, 0.6) is 0 Å². The van der Waals surface area contributed by atoms with Crippen molar-refractivity contribution >= 4 is 22.6 Å². The molecule has 0 spiro atoms. The Balaban J connectivity index is 1.85. The minimum absolute atomic E-state index is 1.04. The zero-order chi connectivity index (χ0) is 14.5. The first kappa shape index (κ1) is 13.9. The van der Waals surface area contributed by atoms with Crippen molar-refractivity contribution in [2.45, 2.75) is 0 Å². The summed E-state index contributed by atoms with van der Waals surface area (Å²) >= 11 is 2.31. The Hall–Kier alpha value is -2.05. The maximum absolute atomic E-state index is 3.23. The molecular weight excluding hydrogens is 367 g/mol. The van der Waals surface area contributed by atoms with Crippen LogP contribution in [-0.4, -0.2) is 0 Å². The van der Waals surface area contributed by atoms with Gasteiger partial charge in [-0.25, -0.2) is 0 Å². The first-order valence-corrected chi connectivity index (χ1v) is 7.83. The van der Waals surface area contributed by atoms with Gasteiger partial charge in [0.05, 0.1) is 0 Å². The van der Waals surface area contributed by atoms with Gasteiger partial charge in [0.1, 0.15) is 0 Å². The molecule has 0 unspecified atom stereocenters. The van der Waals surface area contributed by atoms with E-state index in [1.165, 1.54) is 14.7 Å². The third kappa shape index (κ3) is 3.53. The summed E-state index contributed by atoms with van der Waals surface area (Å²) in [6, 6.07) is 26.9. The summed E-state index contributed by atoms with van der Waals surface area (Å²) in [6.07, 6.45) is 0. The van der Waals surface area contributed by atoms with Crippen molar-refractivity contribution < 1.29 is 0 Å². The van der Waals surface area contributed by atoms with Gasteiger partial charge < -0.3 is 0 Å². The van der Waals surface area contributed by atoms with E-state index < -0.39 is 0 Å². The minimum atomic E-state index is 1.04. The van der Waals surface area contributed by atoms with Crippen molar-refractivity contribution in [2.75, 3.05) is 0 Å². The van der Waals surface area contributed by atoms with Crippen molar-refractivity contribution in [3.8, 4) is 23.0 Å². The largest absolute Gasteiger partial charge is 0.0622 e. The van der Waals surface area contributed by atoms with Gasteiger partial charge in [-0.05, 0) is 58.0 Å². The number of hydrogen-bond acceptors (Lipinski definition) is 0. The standard InChI is InChI=1S/C20H13I/c21-20-9-5-4-8-19(20)15-12-16-10-13-18(14-11-16)17-6-2-1-3-7-17/h1-11,13-14H. The summed E-state index contributed by atoms with van der Waals surface area (Å²) < 4.78 is 1.18. The molecule has 0 aliphatic carbocycles. The first-order chi connectivity index (χ1) is 10.3. The normalized spacial score (nSPS) is 9.76. The molecule has 3 rings (SSSR count). The smallest absolute Gasteiger partial charge is 0.0382 e. The van der Waals surface area contributed by atoms with E-state index in [1.54, 1.807) is 0 Å². The zero-order valence-electron chi connectivity index (χ0n) is 11.4. The lowest BCUT2D eigenvalue weighted by Crippen LogP contribution is -1.81. The van der Waals surface area contributed by atoms with Gasteiger partial charge in [0.15, 0.2) is 0 Å². The lowest BCUT2D eigenvalue weighted by atomic mass is 10.0. The third-order valence-corrected chi connectivity index (χ3v) is 4.15. The van der Waals surface area contributed by atoms with Crippen molar-refractivity contribution in [3.05, 3.63) is 93.6 Å². The molecule has 0 amide bonds. The van der Waals surface area contributed by atoms with Gasteiger partial charge in [-0.15, -0.1) is 0 Å². The Bertz CT molecular complexity index is 790. The maximum atomic E-state index is 3.23. The molecule has 0 heterocycles. The highest BCUT2D eigenvalue weighted by molar-refractivity contribution is 14.1. The van der Waals surface area contributed by atoms with Gasteiger partial charge in [0, 0.05) is 14.7 Å². The average molecular weight is 380 g/mol. The number of benzene rings is 3. The van der Waals surface area contributed by atoms with E-state index >= 15 is 0 Å². The second-order valence-electron chi connectivity index (χ2n) is 4.67. The van der Waals surface area contributed by atoms with Crippen LogP contribution in [0, 0.1) is 15.4 Å². The molecule has 0 fully saturated rings. The van der Waals surface area contributed by atoms with Crippen LogP contribution in [0.4, 0.5) is 0 Å². The van der Waals surface area contributed by atoms with Gasteiger partial charge in [-0.2, -0.15) is 0 Å². The van der Waals surface area contributed by atoms with E-state index in [0.29, 0.717) is 0 Å². The maximum Gasteiger partial charge on any atom is 0.0382 e. The molecule has 0 N–H and O–H groups in total. The molecule has 0 aliphatic rings. The summed E-state index contributed by atoms with van der Waals surface area (Å²) in [7, 11) is 0. The highest BCUT2D eigenvalue weighted by Gasteiger charge is 1.96. The van der Waals surface area contributed by atoms with Crippen LogP contribution >= 0.6 is 22.6 Å². The van der Waals surface area contributed by atoms with E-state index in [4.69, 9.17) is 0 Å². The lowest BCUT2D eigenvalue weighted by molar-refractivity contribution is 1.57. The molecule has 0 bridgehead atoms. The monoisotopic (exact) mass is 380 g/mol. The Labute approximate surface area is 139 Å². The number of rotatable bonds is 1. The quantitative estimate of drug-likeness (QED) is 0.394. The van der Waals surface area contributed by atoms with Gasteiger partial charge in [0.25, 0.3) is 0 Å². The Kier molecular flexibility index (Phi) is 4.37. The number of hydrogen-bond donors (Lipinski definition) is 0. The van der Waals surface area contributed by atoms with Crippen LogP contribution in [0.25, 0.3) is 11.1 Å². The Morgan fingerprint density at radius 3 is 1.90 bits per heavy atom. The average Bonchev–Trinajstić information content (AvgIpc) is 2.55. The Morgan fingerprint density at radius 2 is 1.19 bits per heavy atom. The van der Waals surface area contributed by atoms with Gasteiger partial charge in [-0.1, -0.05) is 66.4 Å². The molecular formula is C20H13I. The minimum Gasteiger partial charge on any atom is -0.0622 e. The van der Waals surface area contributed by atoms with Gasteiger partial charge in [-0.3, -0.25) is 0 Å². The summed E-state index contributed by atoms with van der Waals surface area (Å²) in [5.41, 5.74) is 4.56.